The lowest BCUT2D eigenvalue weighted by molar-refractivity contribution is -0.125. The van der Waals surface area contributed by atoms with E-state index < -0.39 is 35.9 Å². The summed E-state index contributed by atoms with van der Waals surface area (Å²) in [6.07, 6.45) is -2.61. The highest BCUT2D eigenvalue weighted by atomic mass is 19.4. The van der Waals surface area contributed by atoms with Crippen molar-refractivity contribution in [1.29, 1.82) is 0 Å². The van der Waals surface area contributed by atoms with Crippen LogP contribution in [0.25, 0.3) is 5.70 Å². The number of carbonyl (C=O) groups excluding carboxylic acids is 1. The van der Waals surface area contributed by atoms with Crippen molar-refractivity contribution in [1.82, 2.24) is 5.01 Å². The van der Waals surface area contributed by atoms with Crippen LogP contribution in [0, 0.1) is 0 Å². The Morgan fingerprint density at radius 2 is 1.77 bits per heavy atom. The Bertz CT molecular complexity index is 766. The van der Waals surface area contributed by atoms with Gasteiger partial charge in [-0.05, 0) is 26.0 Å². The minimum absolute atomic E-state index is 0.0636. The molecule has 5 nitrogen and oxygen atoms in total. The third kappa shape index (κ3) is 12.6. The molecule has 0 unspecified atom stereocenters. The van der Waals surface area contributed by atoms with Crippen molar-refractivity contribution >= 4 is 11.6 Å². The van der Waals surface area contributed by atoms with Gasteiger partial charge in [0.2, 0.25) is 0 Å². The molecule has 0 aliphatic carbocycles. The quantitative estimate of drug-likeness (QED) is 0.251. The number of amides is 1. The maximum absolute atomic E-state index is 12.2. The smallest absolute Gasteiger partial charge is 0.392 e. The molecule has 0 spiro atoms. The van der Waals surface area contributed by atoms with Crippen LogP contribution in [0.4, 0.5) is 22.0 Å². The van der Waals surface area contributed by atoms with E-state index >= 15 is 0 Å². The summed E-state index contributed by atoms with van der Waals surface area (Å²) in [5, 5.41) is 10.6. The summed E-state index contributed by atoms with van der Waals surface area (Å²) in [5.41, 5.74) is 5.20. The number of phenols is 1. The van der Waals surface area contributed by atoms with Crippen LogP contribution in [0.2, 0.25) is 0 Å². The molecule has 0 heterocycles. The summed E-state index contributed by atoms with van der Waals surface area (Å²) in [6.45, 7) is 6.71. The number of nitrogens with two attached hydrogens (primary N) is 2. The lowest BCUT2D eigenvalue weighted by Gasteiger charge is -2.18. The van der Waals surface area contributed by atoms with Crippen molar-refractivity contribution in [2.75, 3.05) is 7.05 Å². The van der Waals surface area contributed by atoms with Gasteiger partial charge in [-0.25, -0.2) is 14.6 Å². The zero-order valence-corrected chi connectivity index (χ0v) is 17.5. The molecule has 0 aliphatic heterocycles. The second kappa shape index (κ2) is 14.2. The number of rotatable bonds is 5. The van der Waals surface area contributed by atoms with Gasteiger partial charge in [0.1, 0.15) is 11.6 Å². The largest absolute Gasteiger partial charge is 0.507 e. The van der Waals surface area contributed by atoms with E-state index in [0.29, 0.717) is 0 Å². The van der Waals surface area contributed by atoms with Crippen LogP contribution < -0.4 is 11.6 Å². The SMILES string of the molecule is C/C=C(F)\C=C(/C)F.CC.CN(N)/C(=C\CC(F)(F)F)c1ccc(C(N)=O)c(O)c1. The average molecular weight is 437 g/mol. The van der Waals surface area contributed by atoms with Crippen LogP contribution in [0.15, 0.2) is 48.1 Å². The van der Waals surface area contributed by atoms with Crippen molar-refractivity contribution in [2.45, 2.75) is 40.3 Å². The van der Waals surface area contributed by atoms with Gasteiger partial charge < -0.3 is 15.8 Å². The Morgan fingerprint density at radius 3 is 2.07 bits per heavy atom. The lowest BCUT2D eigenvalue weighted by atomic mass is 10.1. The molecule has 1 amide bonds. The molecule has 0 saturated carbocycles. The molecule has 0 saturated heterocycles. The number of carbonyl (C=O) groups is 1. The molecule has 30 heavy (non-hydrogen) atoms. The molecule has 0 aliphatic rings. The van der Waals surface area contributed by atoms with Crippen molar-refractivity contribution in [2.24, 2.45) is 11.6 Å². The van der Waals surface area contributed by atoms with Gasteiger partial charge in [0.05, 0.1) is 23.5 Å². The molecule has 0 aromatic heterocycles. The van der Waals surface area contributed by atoms with Gasteiger partial charge in [-0.15, -0.1) is 0 Å². The third-order valence-corrected chi connectivity index (χ3v) is 3.08. The molecule has 5 N–H and O–H groups in total. The fourth-order valence-corrected chi connectivity index (χ4v) is 1.85. The summed E-state index contributed by atoms with van der Waals surface area (Å²) >= 11 is 0. The predicted octanol–water partition coefficient (Wildman–Crippen LogP) is 5.35. The number of alkyl halides is 3. The highest BCUT2D eigenvalue weighted by Crippen LogP contribution is 2.27. The molecule has 0 bridgehead atoms. The number of benzene rings is 1. The van der Waals surface area contributed by atoms with E-state index in [4.69, 9.17) is 11.6 Å². The molecule has 1 rings (SSSR count). The number of halogens is 5. The Morgan fingerprint density at radius 1 is 1.23 bits per heavy atom. The number of aromatic hydroxyl groups is 1. The summed E-state index contributed by atoms with van der Waals surface area (Å²) in [6, 6.07) is 3.70. The van der Waals surface area contributed by atoms with E-state index in [-0.39, 0.29) is 16.8 Å². The molecule has 0 radical (unpaired) electrons. The molecule has 1 aromatic rings. The van der Waals surface area contributed by atoms with Crippen molar-refractivity contribution < 1.29 is 31.9 Å². The molecule has 0 fully saturated rings. The van der Waals surface area contributed by atoms with Crippen LogP contribution in [0.1, 0.15) is 50.0 Å². The van der Waals surface area contributed by atoms with Gasteiger partial charge >= 0.3 is 6.18 Å². The van der Waals surface area contributed by atoms with Crippen LogP contribution in [0.5, 0.6) is 5.75 Å². The monoisotopic (exact) mass is 437 g/mol. The van der Waals surface area contributed by atoms with Gasteiger partial charge in [0.25, 0.3) is 5.91 Å². The van der Waals surface area contributed by atoms with Gasteiger partial charge in [0, 0.05) is 18.7 Å². The van der Waals surface area contributed by atoms with Crippen molar-refractivity contribution in [3.8, 4) is 5.75 Å². The zero-order chi connectivity index (χ0) is 24.1. The van der Waals surface area contributed by atoms with Crippen LogP contribution in [-0.4, -0.2) is 29.2 Å². The van der Waals surface area contributed by atoms with Gasteiger partial charge in [-0.2, -0.15) is 13.2 Å². The van der Waals surface area contributed by atoms with E-state index in [1.54, 1.807) is 0 Å². The average Bonchev–Trinajstić information content (AvgIpc) is 2.62. The highest BCUT2D eigenvalue weighted by molar-refractivity contribution is 5.96. The Balaban J connectivity index is 0. The first-order chi connectivity index (χ1) is 13.8. The second-order valence-corrected chi connectivity index (χ2v) is 5.52. The Hall–Kier alpha value is -2.88. The third-order valence-electron chi connectivity index (χ3n) is 3.08. The summed E-state index contributed by atoms with van der Waals surface area (Å²) in [7, 11) is 1.36. The van der Waals surface area contributed by atoms with Crippen LogP contribution >= 0.6 is 0 Å². The standard InChI is InChI=1S/C12H14F3N3O2.C6H8F2.C2H6/c1-18(17)9(4-5-12(13,14)15)7-2-3-8(11(16)20)10(19)6-7;1-3-6(8)4-5(2)7;1-2/h2-4,6,19H,5,17H2,1H3,(H2,16,20);3-4H,1-2H3;1-2H3/b9-4-;5-4+,6-3+;. The minimum Gasteiger partial charge on any atom is -0.507 e. The molecular weight excluding hydrogens is 409 g/mol. The maximum Gasteiger partial charge on any atom is 0.392 e. The molecule has 0 atom stereocenters. The zero-order valence-electron chi connectivity index (χ0n) is 17.5. The van der Waals surface area contributed by atoms with Gasteiger partial charge in [-0.3, -0.25) is 4.79 Å². The van der Waals surface area contributed by atoms with E-state index in [2.05, 4.69) is 0 Å². The molecule has 1 aromatic carbocycles. The first-order valence-electron chi connectivity index (χ1n) is 8.82. The minimum atomic E-state index is -4.36. The van der Waals surface area contributed by atoms with E-state index in [1.165, 1.54) is 39.1 Å². The second-order valence-electron chi connectivity index (χ2n) is 5.52. The Kier molecular flexibility index (Phi) is 13.8. The van der Waals surface area contributed by atoms with E-state index in [0.717, 1.165) is 23.2 Å². The Labute approximate surface area is 173 Å². The van der Waals surface area contributed by atoms with E-state index in [1.807, 2.05) is 13.8 Å². The van der Waals surface area contributed by atoms with Crippen molar-refractivity contribution in [3.05, 3.63) is 59.2 Å². The number of hydrogen-bond acceptors (Lipinski definition) is 4. The van der Waals surface area contributed by atoms with Crippen LogP contribution in [0.3, 0.4) is 0 Å². The normalized spacial score (nSPS) is 12.3. The summed E-state index contributed by atoms with van der Waals surface area (Å²) in [5.74, 6) is 3.16. The molecular formula is C20H28F5N3O2. The van der Waals surface area contributed by atoms with E-state index in [9.17, 15) is 31.9 Å². The summed E-state index contributed by atoms with van der Waals surface area (Å²) < 4.78 is 60.3. The number of nitrogens with zero attached hydrogens (tertiary/aromatic N) is 1. The summed E-state index contributed by atoms with van der Waals surface area (Å²) in [4.78, 5) is 11.0. The first-order valence-corrected chi connectivity index (χ1v) is 8.82. The molecule has 170 valence electrons. The topological polar surface area (TPSA) is 92.6 Å². The number of hydrazine groups is 1. The van der Waals surface area contributed by atoms with Crippen molar-refractivity contribution in [3.63, 3.8) is 0 Å². The highest BCUT2D eigenvalue weighted by Gasteiger charge is 2.26. The number of allylic oxidation sites excluding steroid dienone is 5. The maximum atomic E-state index is 12.2. The first kappa shape index (κ1) is 29.3. The number of hydrogen-bond donors (Lipinski definition) is 3. The fourth-order valence-electron chi connectivity index (χ4n) is 1.85. The molecule has 10 heteroatoms. The van der Waals surface area contributed by atoms with Crippen LogP contribution in [-0.2, 0) is 0 Å². The predicted molar refractivity (Wildman–Crippen MR) is 108 cm³/mol. The number of primary amides is 1. The van der Waals surface area contributed by atoms with Gasteiger partial charge in [-0.1, -0.05) is 32.1 Å². The lowest BCUT2D eigenvalue weighted by Crippen LogP contribution is -2.24. The van der Waals surface area contributed by atoms with Gasteiger partial charge in [0.15, 0.2) is 0 Å². The fraction of sp³-hybridized carbons (Fsp3) is 0.350.